The van der Waals surface area contributed by atoms with Gasteiger partial charge in [0.1, 0.15) is 5.56 Å². The molecule has 0 fully saturated rings. The van der Waals surface area contributed by atoms with Crippen molar-refractivity contribution in [1.82, 2.24) is 14.6 Å². The molecular weight excluding hydrogens is 318 g/mol. The second kappa shape index (κ2) is 6.47. The summed E-state index contributed by atoms with van der Waals surface area (Å²) in [5.74, 6) is -0.822. The van der Waals surface area contributed by atoms with Gasteiger partial charge in [-0.1, -0.05) is 6.07 Å². The van der Waals surface area contributed by atoms with Crippen LogP contribution in [0.25, 0.3) is 5.65 Å². The molecule has 0 N–H and O–H groups in total. The van der Waals surface area contributed by atoms with E-state index in [-0.39, 0.29) is 18.0 Å². The van der Waals surface area contributed by atoms with Gasteiger partial charge in [0.25, 0.3) is 0 Å². The van der Waals surface area contributed by atoms with Crippen molar-refractivity contribution in [3.8, 4) is 0 Å². The summed E-state index contributed by atoms with van der Waals surface area (Å²) in [7, 11) is 0. The van der Waals surface area contributed by atoms with Gasteiger partial charge >= 0.3 is 5.97 Å². The Morgan fingerprint density at radius 3 is 2.56 bits per heavy atom. The summed E-state index contributed by atoms with van der Waals surface area (Å²) in [6.07, 6.45) is 3.28. The number of ketones is 1. The zero-order valence-electron chi connectivity index (χ0n) is 14.7. The summed E-state index contributed by atoms with van der Waals surface area (Å²) in [4.78, 5) is 29.0. The minimum atomic E-state index is -0.596. The Kier molecular flexibility index (Phi) is 4.35. The van der Waals surface area contributed by atoms with Gasteiger partial charge in [0, 0.05) is 18.0 Å². The Balaban J connectivity index is 1.79. The van der Waals surface area contributed by atoms with Gasteiger partial charge in [-0.3, -0.25) is 4.79 Å². The topological polar surface area (TPSA) is 73.6 Å². The predicted molar refractivity (Wildman–Crippen MR) is 93.0 cm³/mol. The third kappa shape index (κ3) is 3.15. The zero-order chi connectivity index (χ0) is 18.1. The van der Waals surface area contributed by atoms with Crippen LogP contribution in [0.5, 0.6) is 0 Å². The first kappa shape index (κ1) is 16.8. The molecule has 2 heterocycles. The number of carbonyl (C=O) groups is 2. The van der Waals surface area contributed by atoms with Crippen molar-refractivity contribution in [1.29, 1.82) is 0 Å². The van der Waals surface area contributed by atoms with Crippen molar-refractivity contribution in [3.63, 3.8) is 0 Å². The van der Waals surface area contributed by atoms with Crippen molar-refractivity contribution in [2.45, 2.75) is 27.7 Å². The van der Waals surface area contributed by atoms with Gasteiger partial charge in [-0.15, -0.1) is 0 Å². The van der Waals surface area contributed by atoms with Gasteiger partial charge in [0.05, 0.1) is 5.69 Å². The van der Waals surface area contributed by atoms with Crippen LogP contribution >= 0.6 is 0 Å². The molecule has 0 amide bonds. The standard InChI is InChI=1S/C19H19N3O3/c1-11-8-13(3)15(9-12(11)2)16(23)10-25-19(24)17-14(4)21-22-7-5-6-20-18(17)22/h5-9H,10H2,1-4H3. The summed E-state index contributed by atoms with van der Waals surface area (Å²) in [6, 6.07) is 5.52. The lowest BCUT2D eigenvalue weighted by atomic mass is 9.98. The molecule has 25 heavy (non-hydrogen) atoms. The SMILES string of the molecule is Cc1cc(C)c(C(=O)COC(=O)c2c(C)nn3cccnc23)cc1C. The van der Waals surface area contributed by atoms with Gasteiger partial charge in [0.15, 0.2) is 12.3 Å². The van der Waals surface area contributed by atoms with Crippen LogP contribution in [-0.4, -0.2) is 33.0 Å². The number of nitrogens with zero attached hydrogens (tertiary/aromatic N) is 3. The lowest BCUT2D eigenvalue weighted by Crippen LogP contribution is -2.16. The van der Waals surface area contributed by atoms with Crippen molar-refractivity contribution >= 4 is 17.4 Å². The van der Waals surface area contributed by atoms with Gasteiger partial charge in [-0.25, -0.2) is 14.3 Å². The second-order valence-electron chi connectivity index (χ2n) is 6.10. The first-order valence-electron chi connectivity index (χ1n) is 7.96. The fraction of sp³-hybridized carbons (Fsp3) is 0.263. The van der Waals surface area contributed by atoms with Crippen LogP contribution in [0.4, 0.5) is 0 Å². The molecule has 0 aliphatic carbocycles. The minimum Gasteiger partial charge on any atom is -0.454 e. The van der Waals surface area contributed by atoms with Crippen LogP contribution in [0.2, 0.25) is 0 Å². The van der Waals surface area contributed by atoms with E-state index in [1.54, 1.807) is 25.4 Å². The summed E-state index contributed by atoms with van der Waals surface area (Å²) in [5.41, 5.74) is 4.81. The number of aryl methyl sites for hydroxylation is 4. The summed E-state index contributed by atoms with van der Waals surface area (Å²) < 4.78 is 6.75. The van der Waals surface area contributed by atoms with E-state index in [0.29, 0.717) is 16.9 Å². The Bertz CT molecular complexity index is 989. The summed E-state index contributed by atoms with van der Waals surface area (Å²) >= 11 is 0. The lowest BCUT2D eigenvalue weighted by Gasteiger charge is -2.09. The molecule has 2 aromatic heterocycles. The average molecular weight is 337 g/mol. The summed E-state index contributed by atoms with van der Waals surface area (Å²) in [5, 5.41) is 4.22. The van der Waals surface area contributed by atoms with E-state index in [9.17, 15) is 9.59 Å². The number of esters is 1. The third-order valence-electron chi connectivity index (χ3n) is 4.25. The molecule has 6 heteroatoms. The highest BCUT2D eigenvalue weighted by atomic mass is 16.5. The molecule has 0 atom stereocenters. The van der Waals surface area contributed by atoms with Crippen molar-refractivity contribution in [2.75, 3.05) is 6.61 Å². The molecular formula is C19H19N3O3. The number of benzene rings is 1. The first-order chi connectivity index (χ1) is 11.9. The fourth-order valence-corrected chi connectivity index (χ4v) is 2.78. The minimum absolute atomic E-state index is 0.226. The predicted octanol–water partition coefficient (Wildman–Crippen LogP) is 3.00. The highest BCUT2D eigenvalue weighted by Crippen LogP contribution is 2.17. The molecule has 0 radical (unpaired) electrons. The quantitative estimate of drug-likeness (QED) is 0.540. The van der Waals surface area contributed by atoms with E-state index in [4.69, 9.17) is 4.74 Å². The van der Waals surface area contributed by atoms with Crippen LogP contribution in [0.3, 0.4) is 0 Å². The number of carbonyl (C=O) groups excluding carboxylic acids is 2. The maximum absolute atomic E-state index is 12.4. The van der Waals surface area contributed by atoms with Crippen molar-refractivity contribution in [3.05, 3.63) is 64.1 Å². The molecule has 3 rings (SSSR count). The molecule has 128 valence electrons. The highest BCUT2D eigenvalue weighted by molar-refractivity contribution is 6.02. The average Bonchev–Trinajstić information content (AvgIpc) is 2.91. The Morgan fingerprint density at radius 2 is 1.80 bits per heavy atom. The second-order valence-corrected chi connectivity index (χ2v) is 6.10. The number of fused-ring (bicyclic) bond motifs is 1. The van der Waals surface area contributed by atoms with E-state index < -0.39 is 5.97 Å². The van der Waals surface area contributed by atoms with Crippen LogP contribution in [0, 0.1) is 27.7 Å². The molecule has 0 aliphatic heterocycles. The number of hydrogen-bond acceptors (Lipinski definition) is 5. The highest BCUT2D eigenvalue weighted by Gasteiger charge is 2.21. The number of ether oxygens (including phenoxy) is 1. The lowest BCUT2D eigenvalue weighted by molar-refractivity contribution is 0.0475. The largest absolute Gasteiger partial charge is 0.454 e. The molecule has 0 unspecified atom stereocenters. The van der Waals surface area contributed by atoms with Crippen LogP contribution in [-0.2, 0) is 4.74 Å². The normalized spacial score (nSPS) is 10.9. The smallest absolute Gasteiger partial charge is 0.344 e. The zero-order valence-corrected chi connectivity index (χ0v) is 14.7. The van der Waals surface area contributed by atoms with Crippen LogP contribution in [0.1, 0.15) is 43.1 Å². The molecule has 0 saturated heterocycles. The number of hydrogen-bond donors (Lipinski definition) is 0. The van der Waals surface area contributed by atoms with Gasteiger partial charge in [0.2, 0.25) is 5.78 Å². The first-order valence-corrected chi connectivity index (χ1v) is 7.96. The monoisotopic (exact) mass is 337 g/mol. The number of rotatable bonds is 4. The Morgan fingerprint density at radius 1 is 1.08 bits per heavy atom. The van der Waals surface area contributed by atoms with E-state index in [1.165, 1.54) is 4.52 Å². The molecule has 1 aromatic carbocycles. The maximum atomic E-state index is 12.4. The van der Waals surface area contributed by atoms with Gasteiger partial charge in [-0.2, -0.15) is 5.10 Å². The summed E-state index contributed by atoms with van der Waals surface area (Å²) in [6.45, 7) is 7.22. The number of Topliss-reactive ketones (excluding diaryl/α,β-unsaturated/α-hetero) is 1. The van der Waals surface area contributed by atoms with E-state index in [1.807, 2.05) is 32.9 Å². The molecule has 0 spiro atoms. The van der Waals surface area contributed by atoms with Crippen molar-refractivity contribution < 1.29 is 14.3 Å². The molecule has 3 aromatic rings. The Labute approximate surface area is 145 Å². The van der Waals surface area contributed by atoms with Crippen LogP contribution < -0.4 is 0 Å². The van der Waals surface area contributed by atoms with E-state index in [2.05, 4.69) is 10.1 Å². The third-order valence-corrected chi connectivity index (χ3v) is 4.25. The molecule has 0 aliphatic rings. The molecule has 0 bridgehead atoms. The van der Waals surface area contributed by atoms with Crippen LogP contribution in [0.15, 0.2) is 30.6 Å². The Hall–Kier alpha value is -3.02. The fourth-order valence-electron chi connectivity index (χ4n) is 2.78. The molecule has 6 nitrogen and oxygen atoms in total. The van der Waals surface area contributed by atoms with Crippen molar-refractivity contribution in [2.24, 2.45) is 0 Å². The van der Waals surface area contributed by atoms with E-state index >= 15 is 0 Å². The van der Waals surface area contributed by atoms with Gasteiger partial charge in [-0.05, 0) is 56.5 Å². The van der Waals surface area contributed by atoms with Gasteiger partial charge < -0.3 is 4.74 Å². The number of aromatic nitrogens is 3. The molecule has 0 saturated carbocycles. The van der Waals surface area contributed by atoms with E-state index in [0.717, 1.165) is 16.7 Å². The maximum Gasteiger partial charge on any atom is 0.344 e.